The molecule has 0 saturated heterocycles. The minimum absolute atomic E-state index is 0.0660. The molecule has 0 atom stereocenters. The molecule has 0 saturated carbocycles. The van der Waals surface area contributed by atoms with Crippen molar-refractivity contribution in [3.8, 4) is 0 Å². The van der Waals surface area contributed by atoms with Gasteiger partial charge < -0.3 is 4.85 Å². The highest BCUT2D eigenvalue weighted by Crippen LogP contribution is 2.15. The first-order valence-electron chi connectivity index (χ1n) is 3.77. The molecule has 74 valence electrons. The van der Waals surface area contributed by atoms with Crippen LogP contribution in [-0.4, -0.2) is 14.7 Å². The maximum atomic E-state index is 13.2. The van der Waals surface area contributed by atoms with Gasteiger partial charge in [0.1, 0.15) is 5.82 Å². The lowest BCUT2D eigenvalue weighted by Gasteiger charge is -1.99. The molecule has 0 fully saturated rings. The molecular weight excluding hydrogens is 205 g/mol. The number of nitrogens with zero attached hydrogens (tertiary/aromatic N) is 1. The summed E-state index contributed by atoms with van der Waals surface area (Å²) in [4.78, 5) is 2.95. The first kappa shape index (κ1) is 10.7. The Balaban J connectivity index is 3.21. The predicted molar refractivity (Wildman–Crippen MR) is 49.8 cm³/mol. The van der Waals surface area contributed by atoms with Gasteiger partial charge in [0.05, 0.1) is 10.5 Å². The zero-order valence-electron chi connectivity index (χ0n) is 7.49. The molecule has 0 amide bonds. The number of hydrogen-bond donors (Lipinski definition) is 0. The van der Waals surface area contributed by atoms with Crippen LogP contribution in [0.1, 0.15) is 5.56 Å². The molecule has 0 unspecified atom stereocenters. The van der Waals surface area contributed by atoms with Crippen molar-refractivity contribution in [2.75, 3.05) is 6.26 Å². The van der Waals surface area contributed by atoms with Crippen molar-refractivity contribution in [2.24, 2.45) is 0 Å². The van der Waals surface area contributed by atoms with Crippen molar-refractivity contribution in [1.82, 2.24) is 0 Å². The second-order valence-corrected chi connectivity index (χ2v) is 4.86. The highest BCUT2D eigenvalue weighted by atomic mass is 32.2. The topological polar surface area (TPSA) is 38.5 Å². The molecule has 5 heteroatoms. The summed E-state index contributed by atoms with van der Waals surface area (Å²) in [6.45, 7) is 6.48. The van der Waals surface area contributed by atoms with E-state index < -0.39 is 15.7 Å². The highest BCUT2D eigenvalue weighted by molar-refractivity contribution is 7.90. The van der Waals surface area contributed by atoms with Gasteiger partial charge in [-0.25, -0.2) is 19.4 Å². The quantitative estimate of drug-likeness (QED) is 0.700. The standard InChI is InChI=1S/C9H8FNO2S/c1-11-6-7-3-4-8(5-9(7)10)14(2,12)13/h3-5H,6H2,2H3. The number of benzene rings is 1. The van der Waals surface area contributed by atoms with Crippen molar-refractivity contribution in [3.05, 3.63) is 41.0 Å². The lowest BCUT2D eigenvalue weighted by molar-refractivity contribution is 0.592. The van der Waals surface area contributed by atoms with Gasteiger partial charge in [0.15, 0.2) is 9.84 Å². The molecule has 14 heavy (non-hydrogen) atoms. The lowest BCUT2D eigenvalue weighted by atomic mass is 10.2. The molecule has 0 heterocycles. The zero-order chi connectivity index (χ0) is 10.8. The molecule has 0 spiro atoms. The Labute approximate surface area is 81.9 Å². The molecule has 3 nitrogen and oxygen atoms in total. The van der Waals surface area contributed by atoms with E-state index in [9.17, 15) is 12.8 Å². The summed E-state index contributed by atoms with van der Waals surface area (Å²) in [6, 6.07) is 3.57. The average Bonchev–Trinajstić information content (AvgIpc) is 2.07. The maximum absolute atomic E-state index is 13.2. The van der Waals surface area contributed by atoms with Gasteiger partial charge in [-0.1, -0.05) is 0 Å². The van der Waals surface area contributed by atoms with E-state index in [1.165, 1.54) is 12.1 Å². The third kappa shape index (κ3) is 2.30. The van der Waals surface area contributed by atoms with E-state index in [1.807, 2.05) is 0 Å². The molecule has 0 N–H and O–H groups in total. The first-order valence-corrected chi connectivity index (χ1v) is 5.66. The Bertz CT molecular complexity index is 488. The fourth-order valence-corrected chi connectivity index (χ4v) is 1.60. The zero-order valence-corrected chi connectivity index (χ0v) is 8.31. The average molecular weight is 213 g/mol. The smallest absolute Gasteiger partial charge is 0.242 e. The third-order valence-electron chi connectivity index (χ3n) is 1.70. The van der Waals surface area contributed by atoms with Crippen molar-refractivity contribution in [1.29, 1.82) is 0 Å². The van der Waals surface area contributed by atoms with Gasteiger partial charge in [-0.3, -0.25) is 0 Å². The number of rotatable bonds is 2. The first-order chi connectivity index (χ1) is 6.45. The van der Waals surface area contributed by atoms with Gasteiger partial charge in [-0.2, -0.15) is 0 Å². The summed E-state index contributed by atoms with van der Waals surface area (Å²) in [6.07, 6.45) is 1.01. The SMILES string of the molecule is [C-]#[N+]Cc1ccc(S(C)(=O)=O)cc1F. The summed E-state index contributed by atoms with van der Waals surface area (Å²) in [5, 5.41) is 0. The monoisotopic (exact) mass is 213 g/mol. The Morgan fingerprint density at radius 3 is 2.57 bits per heavy atom. The molecule has 0 aliphatic rings. The Morgan fingerprint density at radius 1 is 1.50 bits per heavy atom. The van der Waals surface area contributed by atoms with E-state index in [2.05, 4.69) is 4.85 Å². The van der Waals surface area contributed by atoms with Crippen LogP contribution in [0.25, 0.3) is 4.85 Å². The van der Waals surface area contributed by atoms with Gasteiger partial charge in [0.2, 0.25) is 6.54 Å². The Morgan fingerprint density at radius 2 is 2.14 bits per heavy atom. The van der Waals surface area contributed by atoms with Crippen molar-refractivity contribution in [2.45, 2.75) is 11.4 Å². The normalized spacial score (nSPS) is 10.9. The van der Waals surface area contributed by atoms with Gasteiger partial charge in [0, 0.05) is 6.26 Å². The van der Waals surface area contributed by atoms with Gasteiger partial charge in [-0.15, -0.1) is 0 Å². The Hall–Kier alpha value is -1.41. The minimum Gasteiger partial charge on any atom is -0.312 e. The fourth-order valence-electron chi connectivity index (χ4n) is 0.972. The van der Waals surface area contributed by atoms with Crippen molar-refractivity contribution >= 4 is 9.84 Å². The van der Waals surface area contributed by atoms with Crippen LogP contribution < -0.4 is 0 Å². The second kappa shape index (κ2) is 3.76. The van der Waals surface area contributed by atoms with Crippen LogP contribution >= 0.6 is 0 Å². The summed E-state index contributed by atoms with van der Waals surface area (Å²) < 4.78 is 35.2. The third-order valence-corrected chi connectivity index (χ3v) is 2.81. The lowest BCUT2D eigenvalue weighted by Crippen LogP contribution is -1.99. The largest absolute Gasteiger partial charge is 0.312 e. The van der Waals surface area contributed by atoms with Crippen LogP contribution in [0.4, 0.5) is 4.39 Å². The molecule has 0 bridgehead atoms. The molecule has 1 rings (SSSR count). The van der Waals surface area contributed by atoms with Crippen molar-refractivity contribution in [3.63, 3.8) is 0 Å². The molecule has 0 aromatic heterocycles. The van der Waals surface area contributed by atoms with Crippen LogP contribution in [0.5, 0.6) is 0 Å². The number of halogens is 1. The Kier molecular flexibility index (Phi) is 2.87. The minimum atomic E-state index is -3.37. The van der Waals surface area contributed by atoms with Gasteiger partial charge in [-0.05, 0) is 18.2 Å². The van der Waals surface area contributed by atoms with E-state index in [4.69, 9.17) is 6.57 Å². The van der Waals surface area contributed by atoms with E-state index >= 15 is 0 Å². The molecule has 1 aromatic carbocycles. The van der Waals surface area contributed by atoms with Gasteiger partial charge >= 0.3 is 0 Å². The fraction of sp³-hybridized carbons (Fsp3) is 0.222. The van der Waals surface area contributed by atoms with Crippen LogP contribution in [0.15, 0.2) is 23.1 Å². The van der Waals surface area contributed by atoms with Crippen LogP contribution in [0.2, 0.25) is 0 Å². The maximum Gasteiger partial charge on any atom is 0.242 e. The number of hydrogen-bond acceptors (Lipinski definition) is 2. The summed E-state index contributed by atoms with van der Waals surface area (Å²) in [7, 11) is -3.37. The van der Waals surface area contributed by atoms with E-state index in [0.29, 0.717) is 0 Å². The van der Waals surface area contributed by atoms with Crippen molar-refractivity contribution < 1.29 is 12.8 Å². The highest BCUT2D eigenvalue weighted by Gasteiger charge is 2.11. The van der Waals surface area contributed by atoms with E-state index in [0.717, 1.165) is 12.3 Å². The molecule has 0 radical (unpaired) electrons. The molecule has 1 aromatic rings. The number of sulfone groups is 1. The second-order valence-electron chi connectivity index (χ2n) is 2.84. The van der Waals surface area contributed by atoms with E-state index in [-0.39, 0.29) is 17.0 Å². The van der Waals surface area contributed by atoms with Crippen LogP contribution in [-0.2, 0) is 16.4 Å². The summed E-state index contributed by atoms with van der Waals surface area (Å²) in [5.41, 5.74) is 0.215. The van der Waals surface area contributed by atoms with Crippen LogP contribution in [0.3, 0.4) is 0 Å². The van der Waals surface area contributed by atoms with Crippen LogP contribution in [0, 0.1) is 12.4 Å². The van der Waals surface area contributed by atoms with Gasteiger partial charge in [0.25, 0.3) is 0 Å². The molecule has 0 aliphatic heterocycles. The predicted octanol–water partition coefficient (Wildman–Crippen LogP) is 1.65. The summed E-state index contributed by atoms with van der Waals surface area (Å²) >= 11 is 0. The summed E-state index contributed by atoms with van der Waals surface area (Å²) in [5.74, 6) is -0.649. The molecular formula is C9H8FNO2S. The van der Waals surface area contributed by atoms with E-state index in [1.54, 1.807) is 0 Å². The molecule has 0 aliphatic carbocycles.